The second kappa shape index (κ2) is 6.97. The third-order valence-corrected chi connectivity index (χ3v) is 3.75. The number of rotatable bonds is 5. The third kappa shape index (κ3) is 4.10. The van der Waals surface area contributed by atoms with E-state index in [0.29, 0.717) is 0 Å². The van der Waals surface area contributed by atoms with Gasteiger partial charge in [-0.05, 0) is 35.2 Å². The molecule has 0 fully saturated rings. The van der Waals surface area contributed by atoms with Gasteiger partial charge in [-0.1, -0.05) is 56.2 Å². The molecule has 0 saturated heterocycles. The summed E-state index contributed by atoms with van der Waals surface area (Å²) in [6.45, 7) is 2.13. The maximum Gasteiger partial charge on any atom is 0.416 e. The summed E-state index contributed by atoms with van der Waals surface area (Å²) in [5.41, 5.74) is 8.20. The molecule has 0 aliphatic carbocycles. The molecule has 1 nitrogen and oxygen atoms in total. The van der Waals surface area contributed by atoms with Gasteiger partial charge in [-0.15, -0.1) is 0 Å². The first-order valence-electron chi connectivity index (χ1n) is 7.45. The predicted molar refractivity (Wildman–Crippen MR) is 83.3 cm³/mol. The van der Waals surface area contributed by atoms with Crippen LogP contribution >= 0.6 is 0 Å². The molecule has 2 aromatic carbocycles. The van der Waals surface area contributed by atoms with Crippen LogP contribution in [0.1, 0.15) is 43.4 Å². The van der Waals surface area contributed by atoms with Gasteiger partial charge in [-0.3, -0.25) is 0 Å². The first-order chi connectivity index (χ1) is 10.4. The van der Waals surface area contributed by atoms with E-state index in [4.69, 9.17) is 5.73 Å². The van der Waals surface area contributed by atoms with Gasteiger partial charge in [0.25, 0.3) is 0 Å². The zero-order chi connectivity index (χ0) is 16.2. The summed E-state index contributed by atoms with van der Waals surface area (Å²) in [6.07, 6.45) is -1.16. The molecule has 0 aliphatic heterocycles. The molecule has 1 atom stereocenters. The Morgan fingerprint density at radius 2 is 1.41 bits per heavy atom. The number of hydrogen-bond acceptors (Lipinski definition) is 1. The predicted octanol–water partition coefficient (Wildman–Crippen LogP) is 5.56. The Morgan fingerprint density at radius 3 is 1.86 bits per heavy atom. The minimum Gasteiger partial charge on any atom is -0.324 e. The highest BCUT2D eigenvalue weighted by Gasteiger charge is 2.29. The molecule has 0 amide bonds. The molecule has 0 aliphatic rings. The van der Waals surface area contributed by atoms with Crippen molar-refractivity contribution in [3.63, 3.8) is 0 Å². The van der Waals surface area contributed by atoms with Crippen molar-refractivity contribution in [3.8, 4) is 11.1 Å². The lowest BCUT2D eigenvalue weighted by Crippen LogP contribution is -2.09. The van der Waals surface area contributed by atoms with Crippen LogP contribution in [-0.2, 0) is 6.18 Å². The van der Waals surface area contributed by atoms with E-state index in [9.17, 15) is 13.2 Å². The van der Waals surface area contributed by atoms with Crippen molar-refractivity contribution in [2.75, 3.05) is 0 Å². The highest BCUT2D eigenvalue weighted by atomic mass is 19.4. The van der Waals surface area contributed by atoms with Crippen molar-refractivity contribution in [1.82, 2.24) is 0 Å². The summed E-state index contributed by atoms with van der Waals surface area (Å²) < 4.78 is 37.7. The van der Waals surface area contributed by atoms with Crippen molar-refractivity contribution >= 4 is 0 Å². The van der Waals surface area contributed by atoms with Crippen LogP contribution in [0.2, 0.25) is 0 Å². The van der Waals surface area contributed by atoms with E-state index in [-0.39, 0.29) is 6.04 Å². The average molecular weight is 307 g/mol. The maximum absolute atomic E-state index is 12.6. The van der Waals surface area contributed by atoms with Crippen molar-refractivity contribution in [2.45, 2.75) is 38.4 Å². The van der Waals surface area contributed by atoms with Gasteiger partial charge >= 0.3 is 6.18 Å². The third-order valence-electron chi connectivity index (χ3n) is 3.75. The fraction of sp³-hybridized carbons (Fsp3) is 0.333. The van der Waals surface area contributed by atoms with Crippen molar-refractivity contribution in [2.24, 2.45) is 5.73 Å². The Morgan fingerprint density at radius 1 is 0.909 bits per heavy atom. The Balaban J connectivity index is 2.13. The number of halogens is 3. The summed E-state index contributed by atoms with van der Waals surface area (Å²) >= 11 is 0. The van der Waals surface area contributed by atoms with Crippen LogP contribution in [0.15, 0.2) is 48.5 Å². The molecule has 0 spiro atoms. The molecule has 118 valence electrons. The number of benzene rings is 2. The van der Waals surface area contributed by atoms with Crippen LogP contribution < -0.4 is 5.73 Å². The summed E-state index contributed by atoms with van der Waals surface area (Å²) in [6, 6.07) is 12.9. The fourth-order valence-electron chi connectivity index (χ4n) is 2.37. The van der Waals surface area contributed by atoms with E-state index in [1.165, 1.54) is 12.1 Å². The van der Waals surface area contributed by atoms with Gasteiger partial charge in [-0.2, -0.15) is 13.2 Å². The highest BCUT2D eigenvalue weighted by molar-refractivity contribution is 5.64. The highest BCUT2D eigenvalue weighted by Crippen LogP contribution is 2.31. The molecule has 2 N–H and O–H groups in total. The molecule has 2 rings (SSSR count). The van der Waals surface area contributed by atoms with Gasteiger partial charge in [0.05, 0.1) is 5.56 Å². The second-order valence-corrected chi connectivity index (χ2v) is 5.45. The van der Waals surface area contributed by atoms with Gasteiger partial charge in [-0.25, -0.2) is 0 Å². The normalized spacial score (nSPS) is 13.1. The van der Waals surface area contributed by atoms with Crippen LogP contribution in [0, 0.1) is 0 Å². The summed E-state index contributed by atoms with van der Waals surface area (Å²) in [5.74, 6) is 0. The number of alkyl halides is 3. The first-order valence-corrected chi connectivity index (χ1v) is 7.45. The number of nitrogens with two attached hydrogens (primary N) is 1. The molecular weight excluding hydrogens is 287 g/mol. The largest absolute Gasteiger partial charge is 0.416 e. The smallest absolute Gasteiger partial charge is 0.324 e. The van der Waals surface area contributed by atoms with E-state index in [1.54, 1.807) is 0 Å². The van der Waals surface area contributed by atoms with Crippen molar-refractivity contribution in [3.05, 3.63) is 59.7 Å². The Labute approximate surface area is 129 Å². The Hall–Kier alpha value is -1.81. The lowest BCUT2D eigenvalue weighted by Gasteiger charge is -2.12. The first kappa shape index (κ1) is 16.6. The number of hydrogen-bond donors (Lipinski definition) is 1. The zero-order valence-electron chi connectivity index (χ0n) is 12.5. The van der Waals surface area contributed by atoms with Crippen LogP contribution in [-0.4, -0.2) is 0 Å². The van der Waals surface area contributed by atoms with E-state index < -0.39 is 11.7 Å². The SMILES string of the molecule is CCCC[C@@H](N)c1ccc(-c2ccc(C(F)(F)F)cc2)cc1. The van der Waals surface area contributed by atoms with Crippen LogP contribution in [0.4, 0.5) is 13.2 Å². The summed E-state index contributed by atoms with van der Waals surface area (Å²) in [7, 11) is 0. The summed E-state index contributed by atoms with van der Waals surface area (Å²) in [5, 5.41) is 0. The van der Waals surface area contributed by atoms with E-state index >= 15 is 0 Å². The molecule has 0 unspecified atom stereocenters. The lowest BCUT2D eigenvalue weighted by molar-refractivity contribution is -0.137. The quantitative estimate of drug-likeness (QED) is 0.768. The Kier molecular flexibility index (Phi) is 5.24. The molecule has 2 aromatic rings. The molecular formula is C18H20F3N. The minimum atomic E-state index is -4.30. The van der Waals surface area contributed by atoms with Gasteiger partial charge < -0.3 is 5.73 Å². The van der Waals surface area contributed by atoms with Crippen LogP contribution in [0.25, 0.3) is 11.1 Å². The summed E-state index contributed by atoms with van der Waals surface area (Å²) in [4.78, 5) is 0. The molecule has 4 heteroatoms. The van der Waals surface area contributed by atoms with Crippen molar-refractivity contribution in [1.29, 1.82) is 0 Å². The van der Waals surface area contributed by atoms with Gasteiger partial charge in [0.2, 0.25) is 0 Å². The van der Waals surface area contributed by atoms with Gasteiger partial charge in [0.15, 0.2) is 0 Å². The van der Waals surface area contributed by atoms with E-state index in [2.05, 4.69) is 6.92 Å². The van der Waals surface area contributed by atoms with Gasteiger partial charge in [0, 0.05) is 6.04 Å². The standard InChI is InChI=1S/C18H20F3N/c1-2-3-4-17(22)15-7-5-13(6-8-15)14-9-11-16(12-10-14)18(19,20)21/h5-12,17H,2-4,22H2,1H3/t17-/m1/s1. The van der Waals surface area contributed by atoms with Crippen molar-refractivity contribution < 1.29 is 13.2 Å². The molecule has 0 radical (unpaired) electrons. The maximum atomic E-state index is 12.6. The monoisotopic (exact) mass is 307 g/mol. The number of unbranched alkanes of at least 4 members (excludes halogenated alkanes) is 1. The molecule has 22 heavy (non-hydrogen) atoms. The Bertz CT molecular complexity index is 585. The van der Waals surface area contributed by atoms with E-state index in [1.807, 2.05) is 24.3 Å². The van der Waals surface area contributed by atoms with Gasteiger partial charge in [0.1, 0.15) is 0 Å². The van der Waals surface area contributed by atoms with Crippen LogP contribution in [0.3, 0.4) is 0 Å². The topological polar surface area (TPSA) is 26.0 Å². The molecule has 0 heterocycles. The molecule has 0 bridgehead atoms. The molecule has 0 saturated carbocycles. The molecule has 0 aromatic heterocycles. The fourth-order valence-corrected chi connectivity index (χ4v) is 2.37. The van der Waals surface area contributed by atoms with Crippen LogP contribution in [0.5, 0.6) is 0 Å². The zero-order valence-corrected chi connectivity index (χ0v) is 12.5. The lowest BCUT2D eigenvalue weighted by atomic mass is 9.98. The second-order valence-electron chi connectivity index (χ2n) is 5.45. The minimum absolute atomic E-state index is 0.0154. The average Bonchev–Trinajstić information content (AvgIpc) is 2.52. The van der Waals surface area contributed by atoms with E-state index in [0.717, 1.165) is 48.1 Å².